The molecule has 1 aromatic heterocycles. The van der Waals surface area contributed by atoms with E-state index >= 15 is 0 Å². The molecule has 0 radical (unpaired) electrons. The van der Waals surface area contributed by atoms with Crippen molar-refractivity contribution in [2.45, 2.75) is 32.7 Å². The number of ketones is 1. The predicted octanol–water partition coefficient (Wildman–Crippen LogP) is 1.48. The second-order valence-corrected chi connectivity index (χ2v) is 4.42. The number of ether oxygens (including phenoxy) is 1. The van der Waals surface area contributed by atoms with E-state index in [-0.39, 0.29) is 11.7 Å². The third kappa shape index (κ3) is 4.23. The van der Waals surface area contributed by atoms with Gasteiger partial charge < -0.3 is 10.5 Å². The van der Waals surface area contributed by atoms with Crippen LogP contribution < -0.4 is 5.73 Å². The predicted molar refractivity (Wildman–Crippen MR) is 70.5 cm³/mol. The summed E-state index contributed by atoms with van der Waals surface area (Å²) in [5, 5.41) is 4.18. The van der Waals surface area contributed by atoms with Crippen LogP contribution in [0, 0.1) is 5.92 Å². The fourth-order valence-corrected chi connectivity index (χ4v) is 1.87. The van der Waals surface area contributed by atoms with E-state index in [2.05, 4.69) is 12.0 Å². The molecule has 0 fully saturated rings. The Hall–Kier alpha value is -1.20. The molecule has 0 aliphatic carbocycles. The summed E-state index contributed by atoms with van der Waals surface area (Å²) in [5.74, 6) is 0.391. The first-order valence-electron chi connectivity index (χ1n) is 6.46. The number of rotatable bonds is 9. The number of carbonyl (C=O) groups excluding carboxylic acids is 1. The number of aromatic nitrogens is 2. The summed E-state index contributed by atoms with van der Waals surface area (Å²) >= 11 is 0. The first-order valence-corrected chi connectivity index (χ1v) is 6.46. The standard InChI is InChI=1S/C13H23N3O2/c1-3-11(10-14)9-13(17)12-5-6-15-16(12)7-4-8-18-2/h5-6,11H,3-4,7-10,14H2,1-2H3. The maximum Gasteiger partial charge on any atom is 0.181 e. The number of carbonyl (C=O) groups is 1. The van der Waals surface area contributed by atoms with Gasteiger partial charge in [0, 0.05) is 32.9 Å². The molecule has 5 heteroatoms. The van der Waals surface area contributed by atoms with Crippen molar-refractivity contribution < 1.29 is 9.53 Å². The lowest BCUT2D eigenvalue weighted by Gasteiger charge is -2.12. The van der Waals surface area contributed by atoms with Crippen molar-refractivity contribution in [2.75, 3.05) is 20.3 Å². The minimum absolute atomic E-state index is 0.127. The van der Waals surface area contributed by atoms with Crippen molar-refractivity contribution in [1.82, 2.24) is 9.78 Å². The maximum absolute atomic E-state index is 12.1. The van der Waals surface area contributed by atoms with Crippen LogP contribution in [0.4, 0.5) is 0 Å². The Morgan fingerprint density at radius 2 is 2.39 bits per heavy atom. The van der Waals surface area contributed by atoms with Gasteiger partial charge in [0.15, 0.2) is 5.78 Å². The minimum atomic E-state index is 0.127. The average Bonchev–Trinajstić information content (AvgIpc) is 2.84. The van der Waals surface area contributed by atoms with E-state index in [1.165, 1.54) is 0 Å². The van der Waals surface area contributed by atoms with Crippen LogP contribution in [-0.2, 0) is 11.3 Å². The zero-order chi connectivity index (χ0) is 13.4. The van der Waals surface area contributed by atoms with Gasteiger partial charge in [0.25, 0.3) is 0 Å². The lowest BCUT2D eigenvalue weighted by atomic mass is 9.98. The summed E-state index contributed by atoms with van der Waals surface area (Å²) in [4.78, 5) is 12.1. The van der Waals surface area contributed by atoms with E-state index in [1.54, 1.807) is 24.1 Å². The Labute approximate surface area is 108 Å². The largest absolute Gasteiger partial charge is 0.385 e. The fraction of sp³-hybridized carbons (Fsp3) is 0.692. The Balaban J connectivity index is 2.59. The molecule has 1 heterocycles. The van der Waals surface area contributed by atoms with Gasteiger partial charge in [0.2, 0.25) is 0 Å². The van der Waals surface area contributed by atoms with Gasteiger partial charge in [-0.1, -0.05) is 13.3 Å². The van der Waals surface area contributed by atoms with Crippen LogP contribution >= 0.6 is 0 Å². The quantitative estimate of drug-likeness (QED) is 0.534. The zero-order valence-corrected chi connectivity index (χ0v) is 11.3. The summed E-state index contributed by atoms with van der Waals surface area (Å²) in [6, 6.07) is 1.78. The Kier molecular flexibility index (Phi) is 6.60. The van der Waals surface area contributed by atoms with E-state index in [4.69, 9.17) is 10.5 Å². The summed E-state index contributed by atoms with van der Waals surface area (Å²) in [7, 11) is 1.67. The molecule has 0 saturated carbocycles. The lowest BCUT2D eigenvalue weighted by Crippen LogP contribution is -2.20. The van der Waals surface area contributed by atoms with E-state index in [9.17, 15) is 4.79 Å². The number of hydrogen-bond donors (Lipinski definition) is 1. The van der Waals surface area contributed by atoms with E-state index in [0.717, 1.165) is 12.8 Å². The van der Waals surface area contributed by atoms with Gasteiger partial charge >= 0.3 is 0 Å². The number of nitrogens with zero attached hydrogens (tertiary/aromatic N) is 2. The molecule has 1 atom stereocenters. The van der Waals surface area contributed by atoms with Crippen molar-refractivity contribution in [2.24, 2.45) is 11.7 Å². The van der Waals surface area contributed by atoms with Crippen molar-refractivity contribution in [3.05, 3.63) is 18.0 Å². The lowest BCUT2D eigenvalue weighted by molar-refractivity contribution is 0.0949. The van der Waals surface area contributed by atoms with Crippen molar-refractivity contribution in [3.8, 4) is 0 Å². The molecule has 1 aromatic rings. The van der Waals surface area contributed by atoms with Crippen LogP contribution in [0.2, 0.25) is 0 Å². The maximum atomic E-state index is 12.1. The second-order valence-electron chi connectivity index (χ2n) is 4.42. The van der Waals surface area contributed by atoms with Crippen LogP contribution in [0.3, 0.4) is 0 Å². The number of methoxy groups -OCH3 is 1. The second kappa shape index (κ2) is 8.00. The molecule has 0 aromatic carbocycles. The number of hydrogen-bond acceptors (Lipinski definition) is 4. The van der Waals surface area contributed by atoms with E-state index < -0.39 is 0 Å². The summed E-state index contributed by atoms with van der Waals surface area (Å²) in [6.45, 7) is 4.00. The molecule has 0 amide bonds. The van der Waals surface area contributed by atoms with Crippen LogP contribution in [0.15, 0.2) is 12.3 Å². The highest BCUT2D eigenvalue weighted by molar-refractivity contribution is 5.94. The van der Waals surface area contributed by atoms with E-state index in [1.807, 2.05) is 0 Å². The van der Waals surface area contributed by atoms with Gasteiger partial charge in [0.1, 0.15) is 5.69 Å². The molecule has 5 nitrogen and oxygen atoms in total. The monoisotopic (exact) mass is 253 g/mol. The molecular formula is C13H23N3O2. The highest BCUT2D eigenvalue weighted by atomic mass is 16.5. The number of aryl methyl sites for hydroxylation is 1. The minimum Gasteiger partial charge on any atom is -0.385 e. The molecule has 0 aliphatic rings. The van der Waals surface area contributed by atoms with Gasteiger partial charge in [-0.15, -0.1) is 0 Å². The average molecular weight is 253 g/mol. The van der Waals surface area contributed by atoms with Gasteiger partial charge in [-0.2, -0.15) is 5.10 Å². The normalized spacial score (nSPS) is 12.6. The fourth-order valence-electron chi connectivity index (χ4n) is 1.87. The SMILES string of the molecule is CCC(CN)CC(=O)c1ccnn1CCCOC. The third-order valence-electron chi connectivity index (χ3n) is 3.11. The van der Waals surface area contributed by atoms with Crippen LogP contribution in [-0.4, -0.2) is 35.8 Å². The molecule has 0 spiro atoms. The molecule has 2 N–H and O–H groups in total. The zero-order valence-electron chi connectivity index (χ0n) is 11.3. The highest BCUT2D eigenvalue weighted by Crippen LogP contribution is 2.12. The highest BCUT2D eigenvalue weighted by Gasteiger charge is 2.16. The summed E-state index contributed by atoms with van der Waals surface area (Å²) < 4.78 is 6.75. The number of Topliss-reactive ketones (excluding diaryl/α,β-unsaturated/α-hetero) is 1. The van der Waals surface area contributed by atoms with E-state index in [0.29, 0.717) is 31.8 Å². The molecule has 102 valence electrons. The molecule has 1 rings (SSSR count). The summed E-state index contributed by atoms with van der Waals surface area (Å²) in [5.41, 5.74) is 6.31. The molecular weight excluding hydrogens is 230 g/mol. The smallest absolute Gasteiger partial charge is 0.181 e. The Bertz CT molecular complexity index is 359. The van der Waals surface area contributed by atoms with Crippen LogP contribution in [0.5, 0.6) is 0 Å². The first-order chi connectivity index (χ1) is 8.72. The van der Waals surface area contributed by atoms with Gasteiger partial charge in [-0.25, -0.2) is 0 Å². The first kappa shape index (κ1) is 14.9. The Morgan fingerprint density at radius 1 is 1.61 bits per heavy atom. The van der Waals surface area contributed by atoms with Gasteiger partial charge in [-0.3, -0.25) is 9.48 Å². The molecule has 0 bridgehead atoms. The van der Waals surface area contributed by atoms with Gasteiger partial charge in [-0.05, 0) is 24.9 Å². The van der Waals surface area contributed by atoms with Crippen molar-refractivity contribution >= 4 is 5.78 Å². The van der Waals surface area contributed by atoms with Crippen molar-refractivity contribution in [3.63, 3.8) is 0 Å². The topological polar surface area (TPSA) is 70.1 Å². The van der Waals surface area contributed by atoms with Crippen molar-refractivity contribution in [1.29, 1.82) is 0 Å². The van der Waals surface area contributed by atoms with Crippen LogP contribution in [0.25, 0.3) is 0 Å². The van der Waals surface area contributed by atoms with Crippen LogP contribution in [0.1, 0.15) is 36.7 Å². The number of nitrogens with two attached hydrogens (primary N) is 1. The molecule has 18 heavy (non-hydrogen) atoms. The Morgan fingerprint density at radius 3 is 3.00 bits per heavy atom. The third-order valence-corrected chi connectivity index (χ3v) is 3.11. The molecule has 0 aliphatic heterocycles. The molecule has 0 saturated heterocycles. The van der Waals surface area contributed by atoms with Gasteiger partial charge in [0.05, 0.1) is 0 Å². The molecule has 1 unspecified atom stereocenters. The summed E-state index contributed by atoms with van der Waals surface area (Å²) in [6.07, 6.45) is 3.96.